The van der Waals surface area contributed by atoms with Crippen LogP contribution < -0.4 is 5.73 Å². The highest BCUT2D eigenvalue weighted by atomic mass is 16.1. The van der Waals surface area contributed by atoms with Gasteiger partial charge < -0.3 is 5.73 Å². The fourth-order valence-corrected chi connectivity index (χ4v) is 1.53. The lowest BCUT2D eigenvalue weighted by molar-refractivity contribution is -0.121. The number of nitrogens with zero attached hydrogens (tertiary/aromatic N) is 2. The molecule has 4 heteroatoms. The molecule has 0 amide bonds. The summed E-state index contributed by atoms with van der Waals surface area (Å²) in [6, 6.07) is 1.76. The van der Waals surface area contributed by atoms with Crippen molar-refractivity contribution in [3.63, 3.8) is 0 Å². The Hall–Kier alpha value is -1.16. The standard InChI is InChI=1S/C13H23N3O/c1-9(2)16-7-6-10(15-16)8-11(17)12(14)13(3,4)5/h6-7,9,12H,8,14H2,1-5H3. The van der Waals surface area contributed by atoms with Crippen LogP contribution in [-0.2, 0) is 11.2 Å². The zero-order valence-electron chi connectivity index (χ0n) is 11.4. The van der Waals surface area contributed by atoms with E-state index in [9.17, 15) is 4.79 Å². The number of Topliss-reactive ketones (excluding diaryl/α,β-unsaturated/α-hetero) is 1. The fourth-order valence-electron chi connectivity index (χ4n) is 1.53. The molecule has 2 N–H and O–H groups in total. The molecular weight excluding hydrogens is 214 g/mol. The lowest BCUT2D eigenvalue weighted by Crippen LogP contribution is -2.43. The molecule has 0 fully saturated rings. The molecular formula is C13H23N3O. The Morgan fingerprint density at radius 3 is 2.47 bits per heavy atom. The van der Waals surface area contributed by atoms with Gasteiger partial charge in [0.15, 0.2) is 5.78 Å². The van der Waals surface area contributed by atoms with Gasteiger partial charge in [-0.25, -0.2) is 0 Å². The molecule has 0 saturated heterocycles. The van der Waals surface area contributed by atoms with Crippen LogP contribution in [0.3, 0.4) is 0 Å². The van der Waals surface area contributed by atoms with Gasteiger partial charge >= 0.3 is 0 Å². The number of carbonyl (C=O) groups is 1. The number of carbonyl (C=O) groups excluding carboxylic acids is 1. The first-order chi connectivity index (χ1) is 7.71. The van der Waals surface area contributed by atoms with E-state index in [-0.39, 0.29) is 11.2 Å². The summed E-state index contributed by atoms with van der Waals surface area (Å²) in [7, 11) is 0. The maximum Gasteiger partial charge on any atom is 0.156 e. The Morgan fingerprint density at radius 1 is 1.47 bits per heavy atom. The molecule has 0 aliphatic rings. The highest BCUT2D eigenvalue weighted by Gasteiger charge is 2.27. The third kappa shape index (κ3) is 3.66. The first-order valence-corrected chi connectivity index (χ1v) is 6.04. The largest absolute Gasteiger partial charge is 0.321 e. The van der Waals surface area contributed by atoms with E-state index >= 15 is 0 Å². The molecule has 1 rings (SSSR count). The van der Waals surface area contributed by atoms with Gasteiger partial charge in [0, 0.05) is 12.2 Å². The van der Waals surface area contributed by atoms with Crippen molar-refractivity contribution < 1.29 is 4.79 Å². The summed E-state index contributed by atoms with van der Waals surface area (Å²) >= 11 is 0. The summed E-state index contributed by atoms with van der Waals surface area (Å²) < 4.78 is 1.85. The van der Waals surface area contributed by atoms with Gasteiger partial charge in [0.05, 0.1) is 18.2 Å². The zero-order valence-corrected chi connectivity index (χ0v) is 11.4. The molecule has 1 aromatic heterocycles. The molecule has 0 spiro atoms. The van der Waals surface area contributed by atoms with Crippen molar-refractivity contribution in [1.29, 1.82) is 0 Å². The maximum absolute atomic E-state index is 12.0. The quantitative estimate of drug-likeness (QED) is 0.870. The van der Waals surface area contributed by atoms with Gasteiger partial charge in [-0.05, 0) is 25.3 Å². The van der Waals surface area contributed by atoms with Gasteiger partial charge in [0.25, 0.3) is 0 Å². The van der Waals surface area contributed by atoms with Crippen LogP contribution >= 0.6 is 0 Å². The van der Waals surface area contributed by atoms with E-state index in [2.05, 4.69) is 18.9 Å². The summed E-state index contributed by atoms with van der Waals surface area (Å²) in [4.78, 5) is 12.0. The van der Waals surface area contributed by atoms with E-state index in [0.29, 0.717) is 12.5 Å². The monoisotopic (exact) mass is 237 g/mol. The summed E-state index contributed by atoms with van der Waals surface area (Å²) in [6.07, 6.45) is 2.22. The lowest BCUT2D eigenvalue weighted by Gasteiger charge is -2.25. The molecule has 0 aliphatic heterocycles. The smallest absolute Gasteiger partial charge is 0.156 e. The molecule has 0 saturated carbocycles. The van der Waals surface area contributed by atoms with E-state index < -0.39 is 6.04 Å². The molecule has 0 aromatic carbocycles. The van der Waals surface area contributed by atoms with Crippen LogP contribution in [0, 0.1) is 5.41 Å². The highest BCUT2D eigenvalue weighted by molar-refractivity contribution is 5.86. The Labute approximate surface area is 103 Å². The molecule has 1 atom stereocenters. The lowest BCUT2D eigenvalue weighted by atomic mass is 9.84. The molecule has 4 nitrogen and oxygen atoms in total. The third-order valence-corrected chi connectivity index (χ3v) is 2.83. The van der Waals surface area contributed by atoms with Gasteiger partial charge in [-0.15, -0.1) is 0 Å². The number of hydrogen-bond donors (Lipinski definition) is 1. The second-order valence-electron chi connectivity index (χ2n) is 5.87. The van der Waals surface area contributed by atoms with E-state index in [0.717, 1.165) is 5.69 Å². The van der Waals surface area contributed by atoms with Crippen LogP contribution in [0.4, 0.5) is 0 Å². The summed E-state index contributed by atoms with van der Waals surface area (Å²) in [6.45, 7) is 10.0. The number of hydrogen-bond acceptors (Lipinski definition) is 3. The normalized spacial score (nSPS) is 14.1. The van der Waals surface area contributed by atoms with Crippen LogP contribution in [0.2, 0.25) is 0 Å². The molecule has 1 unspecified atom stereocenters. The van der Waals surface area contributed by atoms with Gasteiger partial charge in [0.2, 0.25) is 0 Å². The number of nitrogens with two attached hydrogens (primary N) is 1. The van der Waals surface area contributed by atoms with Crippen molar-refractivity contribution in [2.45, 2.75) is 53.1 Å². The average Bonchev–Trinajstić information content (AvgIpc) is 2.63. The first kappa shape index (κ1) is 13.9. The number of rotatable bonds is 4. The Kier molecular flexibility index (Phi) is 4.09. The summed E-state index contributed by atoms with van der Waals surface area (Å²) in [5, 5.41) is 4.35. The number of ketones is 1. The van der Waals surface area contributed by atoms with E-state index in [1.807, 2.05) is 37.7 Å². The minimum absolute atomic E-state index is 0.0477. The molecule has 0 bridgehead atoms. The van der Waals surface area contributed by atoms with Crippen LogP contribution in [0.5, 0.6) is 0 Å². The SMILES string of the molecule is CC(C)n1ccc(CC(=O)C(N)C(C)(C)C)n1. The minimum atomic E-state index is -0.438. The Balaban J connectivity index is 2.68. The number of aromatic nitrogens is 2. The third-order valence-electron chi connectivity index (χ3n) is 2.83. The van der Waals surface area contributed by atoms with Crippen LogP contribution in [0.1, 0.15) is 46.4 Å². The first-order valence-electron chi connectivity index (χ1n) is 6.04. The predicted octanol–water partition coefficient (Wildman–Crippen LogP) is 1.95. The van der Waals surface area contributed by atoms with Crippen LogP contribution in [0.25, 0.3) is 0 Å². The highest BCUT2D eigenvalue weighted by Crippen LogP contribution is 2.19. The van der Waals surface area contributed by atoms with Gasteiger partial charge in [-0.3, -0.25) is 9.48 Å². The summed E-state index contributed by atoms with van der Waals surface area (Å²) in [5.41, 5.74) is 6.52. The Bertz CT molecular complexity index is 388. The van der Waals surface area contributed by atoms with Crippen molar-refractivity contribution in [2.75, 3.05) is 0 Å². The summed E-state index contributed by atoms with van der Waals surface area (Å²) in [5.74, 6) is 0.0477. The van der Waals surface area contributed by atoms with Crippen molar-refractivity contribution >= 4 is 5.78 Å². The van der Waals surface area contributed by atoms with Gasteiger partial charge in [0.1, 0.15) is 0 Å². The van der Waals surface area contributed by atoms with Crippen LogP contribution in [0.15, 0.2) is 12.3 Å². The van der Waals surface area contributed by atoms with Gasteiger partial charge in [-0.1, -0.05) is 20.8 Å². The average molecular weight is 237 g/mol. The second kappa shape index (κ2) is 5.00. The zero-order chi connectivity index (χ0) is 13.2. The van der Waals surface area contributed by atoms with E-state index in [1.54, 1.807) is 0 Å². The molecule has 96 valence electrons. The molecule has 17 heavy (non-hydrogen) atoms. The molecule has 0 aliphatic carbocycles. The Morgan fingerprint density at radius 2 is 2.06 bits per heavy atom. The maximum atomic E-state index is 12.0. The predicted molar refractivity (Wildman–Crippen MR) is 68.8 cm³/mol. The second-order valence-corrected chi connectivity index (χ2v) is 5.87. The van der Waals surface area contributed by atoms with Crippen molar-refractivity contribution in [3.05, 3.63) is 18.0 Å². The van der Waals surface area contributed by atoms with Gasteiger partial charge in [-0.2, -0.15) is 5.10 Å². The van der Waals surface area contributed by atoms with Crippen molar-refractivity contribution in [2.24, 2.45) is 11.1 Å². The van der Waals surface area contributed by atoms with Crippen molar-refractivity contribution in [3.8, 4) is 0 Å². The van der Waals surface area contributed by atoms with E-state index in [4.69, 9.17) is 5.73 Å². The van der Waals surface area contributed by atoms with Crippen molar-refractivity contribution in [1.82, 2.24) is 9.78 Å². The van der Waals surface area contributed by atoms with E-state index in [1.165, 1.54) is 0 Å². The topological polar surface area (TPSA) is 60.9 Å². The molecule has 1 aromatic rings. The minimum Gasteiger partial charge on any atom is -0.321 e. The van der Waals surface area contributed by atoms with Crippen LogP contribution in [-0.4, -0.2) is 21.6 Å². The molecule has 1 heterocycles. The fraction of sp³-hybridized carbons (Fsp3) is 0.692. The molecule has 0 radical (unpaired) electrons.